The fraction of sp³-hybridized carbons (Fsp3) is 0.519. The van der Waals surface area contributed by atoms with Gasteiger partial charge in [0.05, 0.1) is 6.61 Å². The highest BCUT2D eigenvalue weighted by molar-refractivity contribution is 5.79. The van der Waals surface area contributed by atoms with Gasteiger partial charge in [-0.05, 0) is 81.3 Å². The average molecular weight is 421 g/mol. The van der Waals surface area contributed by atoms with Gasteiger partial charge in [-0.25, -0.2) is 0 Å². The first-order valence-corrected chi connectivity index (χ1v) is 12.0. The number of rotatable bonds is 7. The van der Waals surface area contributed by atoms with Gasteiger partial charge in [0, 0.05) is 25.6 Å². The third-order valence-electron chi connectivity index (χ3n) is 6.85. The van der Waals surface area contributed by atoms with Crippen molar-refractivity contribution < 1.29 is 9.53 Å². The Morgan fingerprint density at radius 1 is 0.903 bits per heavy atom. The second-order valence-corrected chi connectivity index (χ2v) is 9.09. The molecule has 31 heavy (non-hydrogen) atoms. The molecule has 0 unspecified atom stereocenters. The maximum absolute atomic E-state index is 13.1. The zero-order valence-electron chi connectivity index (χ0n) is 18.8. The Balaban J connectivity index is 1.20. The van der Waals surface area contributed by atoms with Crippen molar-refractivity contribution in [2.75, 3.05) is 32.8 Å². The number of hydrogen-bond acceptors (Lipinski definition) is 3. The van der Waals surface area contributed by atoms with Gasteiger partial charge in [-0.2, -0.15) is 0 Å². The van der Waals surface area contributed by atoms with Gasteiger partial charge in [-0.1, -0.05) is 42.5 Å². The molecule has 2 aliphatic heterocycles. The van der Waals surface area contributed by atoms with Crippen LogP contribution in [0.1, 0.15) is 43.7 Å². The van der Waals surface area contributed by atoms with Crippen LogP contribution < -0.4 is 4.74 Å². The summed E-state index contributed by atoms with van der Waals surface area (Å²) in [6.07, 6.45) is 5.37. The molecule has 0 aromatic heterocycles. The fourth-order valence-electron chi connectivity index (χ4n) is 5.06. The van der Waals surface area contributed by atoms with Crippen LogP contribution in [0.2, 0.25) is 0 Å². The lowest BCUT2D eigenvalue weighted by molar-refractivity contribution is -0.138. The van der Waals surface area contributed by atoms with Gasteiger partial charge in [-0.15, -0.1) is 0 Å². The van der Waals surface area contributed by atoms with Crippen LogP contribution in [0.3, 0.4) is 0 Å². The highest BCUT2D eigenvalue weighted by Crippen LogP contribution is 2.26. The predicted octanol–water partition coefficient (Wildman–Crippen LogP) is 4.78. The minimum absolute atomic E-state index is 0.205. The summed E-state index contributed by atoms with van der Waals surface area (Å²) in [6.45, 7) is 7.51. The summed E-state index contributed by atoms with van der Waals surface area (Å²) in [5.41, 5.74) is 2.71. The lowest BCUT2D eigenvalue weighted by Gasteiger charge is -2.37. The van der Waals surface area contributed by atoms with Crippen molar-refractivity contribution in [3.63, 3.8) is 0 Å². The maximum atomic E-state index is 13.1. The number of carbonyl (C=O) groups is 1. The minimum atomic E-state index is 0.205. The smallest absolute Gasteiger partial charge is 0.225 e. The molecule has 1 amide bonds. The first kappa shape index (κ1) is 21.9. The minimum Gasteiger partial charge on any atom is -0.494 e. The van der Waals surface area contributed by atoms with E-state index in [-0.39, 0.29) is 5.92 Å². The highest BCUT2D eigenvalue weighted by Gasteiger charge is 2.30. The second-order valence-electron chi connectivity index (χ2n) is 9.09. The van der Waals surface area contributed by atoms with Crippen LogP contribution in [0.5, 0.6) is 5.75 Å². The van der Waals surface area contributed by atoms with E-state index in [9.17, 15) is 4.79 Å². The van der Waals surface area contributed by atoms with E-state index in [4.69, 9.17) is 4.74 Å². The van der Waals surface area contributed by atoms with E-state index in [0.717, 1.165) is 70.6 Å². The largest absolute Gasteiger partial charge is 0.494 e. The molecule has 2 saturated heterocycles. The van der Waals surface area contributed by atoms with Gasteiger partial charge >= 0.3 is 0 Å². The van der Waals surface area contributed by atoms with Crippen LogP contribution in [0.4, 0.5) is 0 Å². The summed E-state index contributed by atoms with van der Waals surface area (Å²) in [4.78, 5) is 17.7. The van der Waals surface area contributed by atoms with E-state index in [2.05, 4.69) is 58.3 Å². The molecule has 0 spiro atoms. The monoisotopic (exact) mass is 420 g/mol. The van der Waals surface area contributed by atoms with Crippen LogP contribution in [0.15, 0.2) is 54.6 Å². The third kappa shape index (κ3) is 6.10. The maximum Gasteiger partial charge on any atom is 0.225 e. The molecule has 0 saturated carbocycles. The zero-order chi connectivity index (χ0) is 21.5. The van der Waals surface area contributed by atoms with Crippen molar-refractivity contribution in [2.24, 2.45) is 11.8 Å². The third-order valence-corrected chi connectivity index (χ3v) is 6.85. The number of benzene rings is 2. The molecule has 166 valence electrons. The molecule has 2 aromatic carbocycles. The van der Waals surface area contributed by atoms with E-state index >= 15 is 0 Å². The van der Waals surface area contributed by atoms with Crippen LogP contribution in [0.25, 0.3) is 0 Å². The molecule has 2 aromatic rings. The number of likely N-dealkylation sites (tertiary alicyclic amines) is 2. The van der Waals surface area contributed by atoms with Crippen molar-refractivity contribution in [2.45, 2.75) is 45.6 Å². The van der Waals surface area contributed by atoms with Gasteiger partial charge in [-0.3, -0.25) is 9.69 Å². The molecule has 0 bridgehead atoms. The lowest BCUT2D eigenvalue weighted by Crippen LogP contribution is -2.45. The molecule has 0 aliphatic carbocycles. The molecule has 4 nitrogen and oxygen atoms in total. The molecule has 0 N–H and O–H groups in total. The number of hydrogen-bond donors (Lipinski definition) is 0. The summed E-state index contributed by atoms with van der Waals surface area (Å²) in [7, 11) is 0. The number of nitrogens with zero attached hydrogens (tertiary/aromatic N) is 2. The van der Waals surface area contributed by atoms with Gasteiger partial charge in [0.2, 0.25) is 5.91 Å². The summed E-state index contributed by atoms with van der Waals surface area (Å²) in [5.74, 6) is 2.26. The molecule has 2 fully saturated rings. The van der Waals surface area contributed by atoms with Gasteiger partial charge in [0.1, 0.15) is 5.75 Å². The molecular weight excluding hydrogens is 384 g/mol. The quantitative estimate of drug-likeness (QED) is 0.646. The normalized spacial score (nSPS) is 18.8. The number of amides is 1. The highest BCUT2D eigenvalue weighted by atomic mass is 16.5. The summed E-state index contributed by atoms with van der Waals surface area (Å²) >= 11 is 0. The average Bonchev–Trinajstić information content (AvgIpc) is 2.81. The van der Waals surface area contributed by atoms with Crippen LogP contribution in [-0.4, -0.2) is 48.5 Å². The molecule has 4 heteroatoms. The van der Waals surface area contributed by atoms with Crippen molar-refractivity contribution in [1.29, 1.82) is 0 Å². The first-order chi connectivity index (χ1) is 15.2. The second kappa shape index (κ2) is 10.8. The summed E-state index contributed by atoms with van der Waals surface area (Å²) in [5, 5.41) is 0. The summed E-state index contributed by atoms with van der Waals surface area (Å²) in [6, 6.07) is 19.1. The molecule has 4 rings (SSSR count). The lowest BCUT2D eigenvalue weighted by atomic mass is 9.88. The Hall–Kier alpha value is -2.33. The first-order valence-electron chi connectivity index (χ1n) is 12.0. The van der Waals surface area contributed by atoms with Crippen molar-refractivity contribution in [3.8, 4) is 5.75 Å². The van der Waals surface area contributed by atoms with Gasteiger partial charge in [0.25, 0.3) is 0 Å². The van der Waals surface area contributed by atoms with Crippen LogP contribution in [0, 0.1) is 11.8 Å². The van der Waals surface area contributed by atoms with Crippen molar-refractivity contribution in [3.05, 3.63) is 65.7 Å². The molecule has 0 atom stereocenters. The Kier molecular flexibility index (Phi) is 7.63. The van der Waals surface area contributed by atoms with E-state index in [1.165, 1.54) is 11.1 Å². The Bertz CT molecular complexity index is 822. The Morgan fingerprint density at radius 3 is 2.32 bits per heavy atom. The summed E-state index contributed by atoms with van der Waals surface area (Å²) < 4.78 is 5.62. The van der Waals surface area contributed by atoms with Crippen molar-refractivity contribution in [1.82, 2.24) is 9.80 Å². The predicted molar refractivity (Wildman–Crippen MR) is 125 cm³/mol. The van der Waals surface area contributed by atoms with Crippen LogP contribution >= 0.6 is 0 Å². The number of piperidine rings is 2. The van der Waals surface area contributed by atoms with E-state index in [1.807, 2.05) is 13.0 Å². The molecule has 0 radical (unpaired) electrons. The Labute approximate surface area is 187 Å². The Morgan fingerprint density at radius 2 is 1.61 bits per heavy atom. The van der Waals surface area contributed by atoms with E-state index in [1.54, 1.807) is 0 Å². The SMILES string of the molecule is CCOc1cccc(CN2CCC(C(=O)N3CCC(Cc4ccccc4)CC3)CC2)c1. The molecule has 2 aliphatic rings. The van der Waals surface area contributed by atoms with Gasteiger partial charge in [0.15, 0.2) is 0 Å². The molecular formula is C27H36N2O2. The van der Waals surface area contributed by atoms with Crippen molar-refractivity contribution >= 4 is 5.91 Å². The number of ether oxygens (including phenoxy) is 1. The fourth-order valence-corrected chi connectivity index (χ4v) is 5.06. The van der Waals surface area contributed by atoms with Gasteiger partial charge < -0.3 is 9.64 Å². The van der Waals surface area contributed by atoms with E-state index in [0.29, 0.717) is 18.4 Å². The zero-order valence-corrected chi connectivity index (χ0v) is 18.8. The standard InChI is InChI=1S/C27H36N2O2/c1-2-31-26-10-6-9-24(20-26)21-28-15-13-25(14-16-28)27(30)29-17-11-23(12-18-29)19-22-7-4-3-5-8-22/h3-10,20,23,25H,2,11-19,21H2,1H3. The van der Waals surface area contributed by atoms with Crippen LogP contribution in [-0.2, 0) is 17.8 Å². The number of carbonyl (C=O) groups excluding carboxylic acids is 1. The molecule has 2 heterocycles. The topological polar surface area (TPSA) is 32.8 Å². The van der Waals surface area contributed by atoms with E-state index < -0.39 is 0 Å².